The van der Waals surface area contributed by atoms with Gasteiger partial charge in [-0.2, -0.15) is 0 Å². The highest BCUT2D eigenvalue weighted by molar-refractivity contribution is 5.42. The Morgan fingerprint density at radius 1 is 1.20 bits per heavy atom. The Hall–Kier alpha value is -1.26. The molecule has 0 aromatic heterocycles. The van der Waals surface area contributed by atoms with Gasteiger partial charge in [-0.1, -0.05) is 6.07 Å². The van der Waals surface area contributed by atoms with Crippen LogP contribution in [0.25, 0.3) is 0 Å². The standard InChI is InChI=1S/C16H25NO3/c1-4-20-15-8-5-12(9-16(15)19-3)11-17-13-6-7-14(10-13)18-2/h5,8-9,13-14,17H,4,6-7,10-11H2,1-3H3. The summed E-state index contributed by atoms with van der Waals surface area (Å²) in [6.07, 6.45) is 3.86. The Balaban J connectivity index is 1.90. The van der Waals surface area contributed by atoms with Gasteiger partial charge in [-0.3, -0.25) is 0 Å². The quantitative estimate of drug-likeness (QED) is 0.833. The van der Waals surface area contributed by atoms with Crippen molar-refractivity contribution in [2.75, 3.05) is 20.8 Å². The average Bonchev–Trinajstić information content (AvgIpc) is 2.94. The van der Waals surface area contributed by atoms with Crippen LogP contribution in [-0.2, 0) is 11.3 Å². The summed E-state index contributed by atoms with van der Waals surface area (Å²) in [5, 5.41) is 3.59. The molecule has 0 heterocycles. The summed E-state index contributed by atoms with van der Waals surface area (Å²) >= 11 is 0. The van der Waals surface area contributed by atoms with Gasteiger partial charge in [0.2, 0.25) is 0 Å². The molecule has 2 rings (SSSR count). The summed E-state index contributed by atoms with van der Waals surface area (Å²) in [4.78, 5) is 0. The van der Waals surface area contributed by atoms with Gasteiger partial charge < -0.3 is 19.5 Å². The molecule has 1 N–H and O–H groups in total. The molecule has 0 bridgehead atoms. The Morgan fingerprint density at radius 3 is 2.70 bits per heavy atom. The maximum Gasteiger partial charge on any atom is 0.161 e. The minimum absolute atomic E-state index is 0.419. The van der Waals surface area contributed by atoms with E-state index in [4.69, 9.17) is 14.2 Å². The van der Waals surface area contributed by atoms with E-state index < -0.39 is 0 Å². The average molecular weight is 279 g/mol. The number of nitrogens with one attached hydrogen (secondary N) is 1. The van der Waals surface area contributed by atoms with Crippen molar-refractivity contribution in [1.82, 2.24) is 5.32 Å². The molecular formula is C16H25NO3. The topological polar surface area (TPSA) is 39.7 Å². The zero-order valence-electron chi connectivity index (χ0n) is 12.6. The van der Waals surface area contributed by atoms with Gasteiger partial charge in [-0.05, 0) is 43.9 Å². The summed E-state index contributed by atoms with van der Waals surface area (Å²) in [6.45, 7) is 3.47. The van der Waals surface area contributed by atoms with E-state index in [0.29, 0.717) is 18.8 Å². The lowest BCUT2D eigenvalue weighted by Gasteiger charge is -2.14. The van der Waals surface area contributed by atoms with Crippen molar-refractivity contribution >= 4 is 0 Å². The van der Waals surface area contributed by atoms with Crippen LogP contribution < -0.4 is 14.8 Å². The fourth-order valence-corrected chi connectivity index (χ4v) is 2.70. The van der Waals surface area contributed by atoms with Crippen molar-refractivity contribution in [2.45, 2.75) is 44.9 Å². The van der Waals surface area contributed by atoms with E-state index in [2.05, 4.69) is 11.4 Å². The molecule has 112 valence electrons. The first kappa shape index (κ1) is 15.1. The zero-order chi connectivity index (χ0) is 14.4. The fraction of sp³-hybridized carbons (Fsp3) is 0.625. The van der Waals surface area contributed by atoms with E-state index in [1.54, 1.807) is 14.2 Å². The van der Waals surface area contributed by atoms with Gasteiger partial charge in [0, 0.05) is 19.7 Å². The Labute approximate surface area is 121 Å². The number of hydrogen-bond donors (Lipinski definition) is 1. The van der Waals surface area contributed by atoms with Gasteiger partial charge in [0.25, 0.3) is 0 Å². The summed E-state index contributed by atoms with van der Waals surface area (Å²) in [7, 11) is 3.47. The van der Waals surface area contributed by atoms with E-state index in [9.17, 15) is 0 Å². The predicted octanol–water partition coefficient (Wildman–Crippen LogP) is 2.75. The molecule has 1 aromatic rings. The van der Waals surface area contributed by atoms with Crippen molar-refractivity contribution in [3.63, 3.8) is 0 Å². The number of methoxy groups -OCH3 is 2. The molecule has 0 saturated heterocycles. The predicted molar refractivity (Wildman–Crippen MR) is 79.4 cm³/mol. The van der Waals surface area contributed by atoms with Crippen LogP contribution in [0.1, 0.15) is 31.7 Å². The van der Waals surface area contributed by atoms with Gasteiger partial charge in [0.05, 0.1) is 19.8 Å². The highest BCUT2D eigenvalue weighted by atomic mass is 16.5. The molecule has 1 aliphatic rings. The molecule has 2 atom stereocenters. The second kappa shape index (κ2) is 7.50. The Morgan fingerprint density at radius 2 is 2.05 bits per heavy atom. The van der Waals surface area contributed by atoms with Crippen LogP contribution in [-0.4, -0.2) is 33.0 Å². The van der Waals surface area contributed by atoms with E-state index in [-0.39, 0.29) is 0 Å². The lowest BCUT2D eigenvalue weighted by atomic mass is 10.1. The van der Waals surface area contributed by atoms with Crippen LogP contribution in [0, 0.1) is 0 Å². The lowest BCUT2D eigenvalue weighted by molar-refractivity contribution is 0.107. The second-order valence-corrected chi connectivity index (χ2v) is 5.17. The first-order valence-electron chi connectivity index (χ1n) is 7.32. The highest BCUT2D eigenvalue weighted by Crippen LogP contribution is 2.28. The number of benzene rings is 1. The molecule has 4 nitrogen and oxygen atoms in total. The van der Waals surface area contributed by atoms with Crippen LogP contribution >= 0.6 is 0 Å². The normalized spacial score (nSPS) is 21.9. The zero-order valence-corrected chi connectivity index (χ0v) is 12.6. The Kier molecular flexibility index (Phi) is 5.68. The Bertz CT molecular complexity index is 422. The van der Waals surface area contributed by atoms with Crippen LogP contribution in [0.3, 0.4) is 0 Å². The number of hydrogen-bond acceptors (Lipinski definition) is 4. The van der Waals surface area contributed by atoms with Gasteiger partial charge in [-0.25, -0.2) is 0 Å². The minimum Gasteiger partial charge on any atom is -0.493 e. The van der Waals surface area contributed by atoms with E-state index in [1.165, 1.54) is 12.0 Å². The van der Waals surface area contributed by atoms with E-state index >= 15 is 0 Å². The third-order valence-electron chi connectivity index (χ3n) is 3.84. The molecule has 4 heteroatoms. The lowest BCUT2D eigenvalue weighted by Crippen LogP contribution is -2.26. The smallest absolute Gasteiger partial charge is 0.161 e. The maximum absolute atomic E-state index is 5.53. The molecule has 0 aliphatic heterocycles. The SMILES string of the molecule is CCOc1ccc(CNC2CCC(OC)C2)cc1OC. The molecule has 1 aliphatic carbocycles. The van der Waals surface area contributed by atoms with Gasteiger partial charge in [0.1, 0.15) is 0 Å². The van der Waals surface area contributed by atoms with Crippen LogP contribution in [0.15, 0.2) is 18.2 Å². The molecule has 2 unspecified atom stereocenters. The molecule has 1 aromatic carbocycles. The molecule has 0 radical (unpaired) electrons. The second-order valence-electron chi connectivity index (χ2n) is 5.17. The van der Waals surface area contributed by atoms with Crippen LogP contribution in [0.4, 0.5) is 0 Å². The van der Waals surface area contributed by atoms with Crippen LogP contribution in [0.5, 0.6) is 11.5 Å². The summed E-state index contributed by atoms with van der Waals surface area (Å²) < 4.78 is 16.3. The first-order valence-corrected chi connectivity index (χ1v) is 7.32. The summed E-state index contributed by atoms with van der Waals surface area (Å²) in [5.41, 5.74) is 1.21. The van der Waals surface area contributed by atoms with Crippen molar-refractivity contribution in [3.05, 3.63) is 23.8 Å². The van der Waals surface area contributed by atoms with Gasteiger partial charge >= 0.3 is 0 Å². The monoisotopic (exact) mass is 279 g/mol. The number of ether oxygens (including phenoxy) is 3. The van der Waals surface area contributed by atoms with Crippen molar-refractivity contribution < 1.29 is 14.2 Å². The molecule has 0 amide bonds. The summed E-state index contributed by atoms with van der Waals surface area (Å²) in [5.74, 6) is 1.60. The molecule has 20 heavy (non-hydrogen) atoms. The van der Waals surface area contributed by atoms with Crippen molar-refractivity contribution in [3.8, 4) is 11.5 Å². The third-order valence-corrected chi connectivity index (χ3v) is 3.84. The number of rotatable bonds is 7. The molecular weight excluding hydrogens is 254 g/mol. The van der Waals surface area contributed by atoms with Crippen molar-refractivity contribution in [2.24, 2.45) is 0 Å². The first-order chi connectivity index (χ1) is 9.76. The molecule has 0 spiro atoms. The third kappa shape index (κ3) is 3.87. The molecule has 1 fully saturated rings. The van der Waals surface area contributed by atoms with Gasteiger partial charge in [0.15, 0.2) is 11.5 Å². The highest BCUT2D eigenvalue weighted by Gasteiger charge is 2.23. The van der Waals surface area contributed by atoms with Crippen LogP contribution in [0.2, 0.25) is 0 Å². The van der Waals surface area contributed by atoms with Gasteiger partial charge in [-0.15, -0.1) is 0 Å². The maximum atomic E-state index is 5.53. The fourth-order valence-electron chi connectivity index (χ4n) is 2.70. The van der Waals surface area contributed by atoms with E-state index in [1.807, 2.05) is 19.1 Å². The van der Waals surface area contributed by atoms with E-state index in [0.717, 1.165) is 30.9 Å². The summed E-state index contributed by atoms with van der Waals surface area (Å²) in [6, 6.07) is 6.66. The molecule has 1 saturated carbocycles. The largest absolute Gasteiger partial charge is 0.493 e. The minimum atomic E-state index is 0.419. The van der Waals surface area contributed by atoms with Crippen molar-refractivity contribution in [1.29, 1.82) is 0 Å².